The predicted molar refractivity (Wildman–Crippen MR) is 63.7 cm³/mol. The minimum atomic E-state index is -0.300. The van der Waals surface area contributed by atoms with Gasteiger partial charge in [-0.25, -0.2) is 4.98 Å². The maximum atomic E-state index is 11.7. The highest BCUT2D eigenvalue weighted by molar-refractivity contribution is 8.00. The Labute approximate surface area is 98.5 Å². The molecule has 1 aliphatic rings. The molecule has 0 radical (unpaired) electrons. The van der Waals surface area contributed by atoms with Crippen molar-refractivity contribution >= 4 is 17.7 Å². The Balaban J connectivity index is 1.90. The van der Waals surface area contributed by atoms with E-state index in [0.717, 1.165) is 6.42 Å². The molecule has 0 bridgehead atoms. The summed E-state index contributed by atoms with van der Waals surface area (Å²) in [5.41, 5.74) is 0.102. The SMILES string of the molecule is O=C(NCC1CCCS1)c1ncccc1O. The molecule has 0 aromatic carbocycles. The number of carbonyl (C=O) groups is 1. The first-order chi connectivity index (χ1) is 7.77. The lowest BCUT2D eigenvalue weighted by atomic mass is 10.2. The first-order valence-corrected chi connectivity index (χ1v) is 6.36. The molecule has 1 saturated heterocycles. The number of aromatic nitrogens is 1. The summed E-state index contributed by atoms with van der Waals surface area (Å²) >= 11 is 1.89. The highest BCUT2D eigenvalue weighted by Crippen LogP contribution is 2.25. The van der Waals surface area contributed by atoms with Crippen LogP contribution in [0, 0.1) is 0 Å². The highest BCUT2D eigenvalue weighted by Gasteiger charge is 2.18. The molecule has 1 aromatic heterocycles. The molecule has 1 aromatic rings. The molecule has 1 fully saturated rings. The van der Waals surface area contributed by atoms with E-state index < -0.39 is 0 Å². The summed E-state index contributed by atoms with van der Waals surface area (Å²) in [6.45, 7) is 0.652. The molecule has 0 aliphatic carbocycles. The number of hydrogen-bond donors (Lipinski definition) is 2. The summed E-state index contributed by atoms with van der Waals surface area (Å²) in [5.74, 6) is 0.805. The first kappa shape index (κ1) is 11.3. The van der Waals surface area contributed by atoms with E-state index in [9.17, 15) is 9.90 Å². The van der Waals surface area contributed by atoms with Gasteiger partial charge in [0.15, 0.2) is 5.69 Å². The minimum Gasteiger partial charge on any atom is -0.505 e. The smallest absolute Gasteiger partial charge is 0.273 e. The Hall–Kier alpha value is -1.23. The van der Waals surface area contributed by atoms with E-state index in [1.807, 2.05) is 11.8 Å². The number of nitrogens with zero attached hydrogens (tertiary/aromatic N) is 1. The zero-order valence-electron chi connectivity index (χ0n) is 8.85. The predicted octanol–water partition coefficient (Wildman–Crippen LogP) is 1.41. The van der Waals surface area contributed by atoms with E-state index >= 15 is 0 Å². The molecular weight excluding hydrogens is 224 g/mol. The Morgan fingerprint density at radius 1 is 1.69 bits per heavy atom. The van der Waals surface area contributed by atoms with Crippen LogP contribution in [0.15, 0.2) is 18.3 Å². The zero-order chi connectivity index (χ0) is 11.4. The van der Waals surface area contributed by atoms with Gasteiger partial charge < -0.3 is 10.4 Å². The van der Waals surface area contributed by atoms with Gasteiger partial charge in [-0.05, 0) is 30.7 Å². The second-order valence-electron chi connectivity index (χ2n) is 3.72. The minimum absolute atomic E-state index is 0.0703. The Morgan fingerprint density at radius 3 is 3.25 bits per heavy atom. The van der Waals surface area contributed by atoms with E-state index in [2.05, 4.69) is 10.3 Å². The van der Waals surface area contributed by atoms with E-state index in [4.69, 9.17) is 0 Å². The number of aromatic hydroxyl groups is 1. The van der Waals surface area contributed by atoms with Crippen LogP contribution in [0.4, 0.5) is 0 Å². The first-order valence-electron chi connectivity index (χ1n) is 5.31. The van der Waals surface area contributed by atoms with Gasteiger partial charge in [0.1, 0.15) is 5.75 Å². The van der Waals surface area contributed by atoms with Gasteiger partial charge in [0.25, 0.3) is 5.91 Å². The molecule has 16 heavy (non-hydrogen) atoms. The highest BCUT2D eigenvalue weighted by atomic mass is 32.2. The number of thioether (sulfide) groups is 1. The van der Waals surface area contributed by atoms with Gasteiger partial charge in [0.2, 0.25) is 0 Å². The van der Waals surface area contributed by atoms with Gasteiger partial charge in [0.05, 0.1) is 0 Å². The second-order valence-corrected chi connectivity index (χ2v) is 5.12. The van der Waals surface area contributed by atoms with Crippen molar-refractivity contribution in [2.24, 2.45) is 0 Å². The van der Waals surface area contributed by atoms with Crippen molar-refractivity contribution in [2.75, 3.05) is 12.3 Å². The van der Waals surface area contributed by atoms with Gasteiger partial charge in [-0.3, -0.25) is 4.79 Å². The van der Waals surface area contributed by atoms with Crippen molar-refractivity contribution in [3.63, 3.8) is 0 Å². The molecule has 0 spiro atoms. The average Bonchev–Trinajstić information content (AvgIpc) is 2.79. The van der Waals surface area contributed by atoms with Crippen molar-refractivity contribution in [3.8, 4) is 5.75 Å². The second kappa shape index (κ2) is 5.21. The van der Waals surface area contributed by atoms with Crippen molar-refractivity contribution < 1.29 is 9.90 Å². The third-order valence-corrected chi connectivity index (χ3v) is 3.91. The van der Waals surface area contributed by atoms with Crippen molar-refractivity contribution in [1.29, 1.82) is 0 Å². The fourth-order valence-corrected chi connectivity index (χ4v) is 2.87. The summed E-state index contributed by atoms with van der Waals surface area (Å²) < 4.78 is 0. The molecule has 1 aliphatic heterocycles. The molecule has 1 atom stereocenters. The number of pyridine rings is 1. The lowest BCUT2D eigenvalue weighted by molar-refractivity contribution is 0.0946. The van der Waals surface area contributed by atoms with Crippen LogP contribution >= 0.6 is 11.8 Å². The molecule has 2 heterocycles. The summed E-state index contributed by atoms with van der Waals surface area (Å²) in [6.07, 6.45) is 3.87. The van der Waals surface area contributed by atoms with Gasteiger partial charge in [0, 0.05) is 18.0 Å². The number of nitrogens with one attached hydrogen (secondary N) is 1. The number of hydrogen-bond acceptors (Lipinski definition) is 4. The molecule has 1 unspecified atom stereocenters. The van der Waals surface area contributed by atoms with E-state index in [-0.39, 0.29) is 17.4 Å². The van der Waals surface area contributed by atoms with Crippen molar-refractivity contribution in [3.05, 3.63) is 24.0 Å². The lowest BCUT2D eigenvalue weighted by Gasteiger charge is -2.10. The molecule has 5 heteroatoms. The van der Waals surface area contributed by atoms with Crippen LogP contribution in [0.25, 0.3) is 0 Å². The lowest BCUT2D eigenvalue weighted by Crippen LogP contribution is -2.30. The van der Waals surface area contributed by atoms with E-state index in [0.29, 0.717) is 11.8 Å². The molecule has 0 saturated carbocycles. The quantitative estimate of drug-likeness (QED) is 0.836. The standard InChI is InChI=1S/C11H14N2O2S/c14-9-4-1-5-12-10(9)11(15)13-7-8-3-2-6-16-8/h1,4-5,8,14H,2-3,6-7H2,(H,13,15). The number of amides is 1. The molecule has 86 valence electrons. The van der Waals surface area contributed by atoms with Gasteiger partial charge in [-0.2, -0.15) is 11.8 Å². The van der Waals surface area contributed by atoms with Crippen molar-refractivity contribution in [2.45, 2.75) is 18.1 Å². The van der Waals surface area contributed by atoms with Crippen LogP contribution in [0.1, 0.15) is 23.3 Å². The van der Waals surface area contributed by atoms with Crippen LogP contribution in [-0.2, 0) is 0 Å². The number of carbonyl (C=O) groups excluding carboxylic acids is 1. The molecular formula is C11H14N2O2S. The fraction of sp³-hybridized carbons (Fsp3) is 0.455. The summed E-state index contributed by atoms with van der Waals surface area (Å²) in [6, 6.07) is 3.06. The summed E-state index contributed by atoms with van der Waals surface area (Å²) in [7, 11) is 0. The molecule has 2 rings (SSSR count). The monoisotopic (exact) mass is 238 g/mol. The maximum absolute atomic E-state index is 11.7. The number of rotatable bonds is 3. The summed E-state index contributed by atoms with van der Waals surface area (Å²) in [4.78, 5) is 15.5. The zero-order valence-corrected chi connectivity index (χ0v) is 9.67. The largest absolute Gasteiger partial charge is 0.505 e. The van der Waals surface area contributed by atoms with E-state index in [1.165, 1.54) is 24.4 Å². The van der Waals surface area contributed by atoms with Crippen molar-refractivity contribution in [1.82, 2.24) is 10.3 Å². The molecule has 2 N–H and O–H groups in total. The molecule has 1 amide bonds. The summed E-state index contributed by atoms with van der Waals surface area (Å²) in [5, 5.41) is 12.8. The third kappa shape index (κ3) is 2.66. The van der Waals surface area contributed by atoms with Gasteiger partial charge in [-0.1, -0.05) is 0 Å². The van der Waals surface area contributed by atoms with Crippen LogP contribution in [0.5, 0.6) is 5.75 Å². The normalized spacial score (nSPS) is 19.6. The Bertz CT molecular complexity index is 378. The van der Waals surface area contributed by atoms with E-state index in [1.54, 1.807) is 6.07 Å². The maximum Gasteiger partial charge on any atom is 0.273 e. The fourth-order valence-electron chi connectivity index (χ4n) is 1.67. The van der Waals surface area contributed by atoms with Gasteiger partial charge >= 0.3 is 0 Å². The average molecular weight is 238 g/mol. The van der Waals surface area contributed by atoms with Crippen LogP contribution in [0.3, 0.4) is 0 Å². The molecule has 4 nitrogen and oxygen atoms in total. The van der Waals surface area contributed by atoms with Crippen LogP contribution < -0.4 is 5.32 Å². The third-order valence-electron chi connectivity index (χ3n) is 2.52. The van der Waals surface area contributed by atoms with Crippen LogP contribution in [0.2, 0.25) is 0 Å². The van der Waals surface area contributed by atoms with Gasteiger partial charge in [-0.15, -0.1) is 0 Å². The topological polar surface area (TPSA) is 62.2 Å². The van der Waals surface area contributed by atoms with Crippen LogP contribution in [-0.4, -0.2) is 33.5 Å². The Kier molecular flexibility index (Phi) is 3.66. The Morgan fingerprint density at radius 2 is 2.56 bits per heavy atom.